The normalized spacial score (nSPS) is 11.8. The highest BCUT2D eigenvalue weighted by atomic mass is 16.2. The second kappa shape index (κ2) is 4.12. The summed E-state index contributed by atoms with van der Waals surface area (Å²) < 4.78 is 1.96. The van der Waals surface area contributed by atoms with Gasteiger partial charge >= 0.3 is 0 Å². The van der Waals surface area contributed by atoms with E-state index in [1.54, 1.807) is 18.3 Å². The number of carbonyl (C=O) groups is 1. The predicted octanol–water partition coefficient (Wildman–Crippen LogP) is 2.58. The molecule has 0 atom stereocenters. The first-order chi connectivity index (χ1) is 8.30. The molecule has 4 heteroatoms. The highest BCUT2D eigenvalue weighted by Gasteiger charge is 2.25. The molecule has 96 valence electrons. The van der Waals surface area contributed by atoms with Crippen LogP contribution < -0.4 is 4.90 Å². The lowest BCUT2D eigenvalue weighted by atomic mass is 9.94. The fourth-order valence-corrected chi connectivity index (χ4v) is 1.95. The average Bonchev–Trinajstić information content (AvgIpc) is 2.67. The van der Waals surface area contributed by atoms with Crippen molar-refractivity contribution in [1.82, 2.24) is 9.55 Å². The fourth-order valence-electron chi connectivity index (χ4n) is 1.95. The molecule has 0 radical (unpaired) electrons. The van der Waals surface area contributed by atoms with E-state index in [-0.39, 0.29) is 11.3 Å². The van der Waals surface area contributed by atoms with Crippen molar-refractivity contribution in [3.63, 3.8) is 0 Å². The molecule has 0 saturated carbocycles. The van der Waals surface area contributed by atoms with Crippen molar-refractivity contribution < 1.29 is 4.79 Å². The van der Waals surface area contributed by atoms with E-state index in [1.807, 2.05) is 50.6 Å². The first-order valence-corrected chi connectivity index (χ1v) is 6.00. The molecule has 0 fully saturated rings. The molecule has 0 aliphatic heterocycles. The number of aromatic nitrogens is 2. The van der Waals surface area contributed by atoms with Gasteiger partial charge in [0.1, 0.15) is 0 Å². The van der Waals surface area contributed by atoms with Gasteiger partial charge in [0.2, 0.25) is 5.91 Å². The minimum Gasteiger partial charge on any atom is -0.334 e. The van der Waals surface area contributed by atoms with Crippen LogP contribution in [0.25, 0.3) is 11.0 Å². The third-order valence-electron chi connectivity index (χ3n) is 3.04. The number of anilines is 1. The molecule has 0 spiro atoms. The van der Waals surface area contributed by atoms with Crippen molar-refractivity contribution in [2.75, 3.05) is 11.9 Å². The van der Waals surface area contributed by atoms with Gasteiger partial charge in [-0.25, -0.2) is 4.98 Å². The first-order valence-electron chi connectivity index (χ1n) is 6.00. The van der Waals surface area contributed by atoms with Crippen molar-refractivity contribution in [3.8, 4) is 0 Å². The molecule has 2 rings (SSSR count). The molecule has 0 saturated heterocycles. The maximum absolute atomic E-state index is 12.2. The summed E-state index contributed by atoms with van der Waals surface area (Å²) in [6, 6.07) is 5.89. The molecule has 0 bridgehead atoms. The molecule has 1 heterocycles. The van der Waals surface area contributed by atoms with Crippen molar-refractivity contribution in [2.45, 2.75) is 20.8 Å². The Bertz CT molecular complexity index is 593. The van der Waals surface area contributed by atoms with Crippen LogP contribution in [0.5, 0.6) is 0 Å². The van der Waals surface area contributed by atoms with Gasteiger partial charge in [-0.3, -0.25) is 4.79 Å². The van der Waals surface area contributed by atoms with E-state index >= 15 is 0 Å². The van der Waals surface area contributed by atoms with Crippen LogP contribution >= 0.6 is 0 Å². The van der Waals surface area contributed by atoms with Gasteiger partial charge in [0, 0.05) is 25.2 Å². The minimum atomic E-state index is -0.381. The van der Waals surface area contributed by atoms with Crippen molar-refractivity contribution in [1.29, 1.82) is 0 Å². The Balaban J connectivity index is 2.39. The van der Waals surface area contributed by atoms with Crippen LogP contribution in [-0.2, 0) is 11.8 Å². The number of imidazole rings is 1. The minimum absolute atomic E-state index is 0.0952. The highest BCUT2D eigenvalue weighted by molar-refractivity contribution is 5.97. The van der Waals surface area contributed by atoms with E-state index in [2.05, 4.69) is 4.98 Å². The standard InChI is InChI=1S/C14H19N3O/c1-14(2,3)13(18)17(5)10-6-7-12-11(8-10)15-9-16(12)4/h6-9H,1-5H3. The maximum atomic E-state index is 12.2. The number of hydrogen-bond acceptors (Lipinski definition) is 2. The monoisotopic (exact) mass is 245 g/mol. The third kappa shape index (κ3) is 2.10. The predicted molar refractivity (Wildman–Crippen MR) is 73.6 cm³/mol. The van der Waals surface area contributed by atoms with Crippen LogP contribution in [0.4, 0.5) is 5.69 Å². The van der Waals surface area contributed by atoms with Crippen LogP contribution in [0.3, 0.4) is 0 Å². The summed E-state index contributed by atoms with van der Waals surface area (Å²) in [5.41, 5.74) is 2.47. The van der Waals surface area contributed by atoms with Gasteiger partial charge in [0.05, 0.1) is 17.4 Å². The first kappa shape index (κ1) is 12.6. The molecule has 0 aliphatic rings. The Kier molecular flexibility index (Phi) is 2.89. The van der Waals surface area contributed by atoms with Crippen LogP contribution in [-0.4, -0.2) is 22.5 Å². The fraction of sp³-hybridized carbons (Fsp3) is 0.429. The SMILES string of the molecule is CN(C(=O)C(C)(C)C)c1ccc2c(c1)ncn2C. The number of amides is 1. The molecule has 1 aromatic heterocycles. The number of rotatable bonds is 1. The molecule has 2 aromatic rings. The summed E-state index contributed by atoms with van der Waals surface area (Å²) in [5.74, 6) is 0.0952. The summed E-state index contributed by atoms with van der Waals surface area (Å²) in [4.78, 5) is 18.2. The van der Waals surface area contributed by atoms with Gasteiger partial charge in [-0.1, -0.05) is 20.8 Å². The molecule has 0 aliphatic carbocycles. The van der Waals surface area contributed by atoms with Crippen molar-refractivity contribution in [2.24, 2.45) is 12.5 Å². The van der Waals surface area contributed by atoms with E-state index < -0.39 is 0 Å². The van der Waals surface area contributed by atoms with Gasteiger partial charge in [0.15, 0.2) is 0 Å². The summed E-state index contributed by atoms with van der Waals surface area (Å²) in [7, 11) is 3.76. The lowest BCUT2D eigenvalue weighted by Gasteiger charge is -2.26. The molecule has 18 heavy (non-hydrogen) atoms. The number of hydrogen-bond donors (Lipinski definition) is 0. The third-order valence-corrected chi connectivity index (χ3v) is 3.04. The van der Waals surface area contributed by atoms with E-state index in [9.17, 15) is 4.79 Å². The lowest BCUT2D eigenvalue weighted by molar-refractivity contribution is -0.125. The number of aryl methyl sites for hydroxylation is 1. The van der Waals surface area contributed by atoms with E-state index in [1.165, 1.54) is 0 Å². The maximum Gasteiger partial charge on any atom is 0.232 e. The Labute approximate surface area is 107 Å². The van der Waals surface area contributed by atoms with E-state index in [0.717, 1.165) is 16.7 Å². The highest BCUT2D eigenvalue weighted by Crippen LogP contribution is 2.24. The van der Waals surface area contributed by atoms with Crippen LogP contribution in [0, 0.1) is 5.41 Å². The zero-order valence-electron chi connectivity index (χ0n) is 11.6. The van der Waals surface area contributed by atoms with Gasteiger partial charge in [-0.05, 0) is 18.2 Å². The zero-order chi connectivity index (χ0) is 13.5. The summed E-state index contributed by atoms with van der Waals surface area (Å²) >= 11 is 0. The molecule has 1 amide bonds. The van der Waals surface area contributed by atoms with Gasteiger partial charge in [0.25, 0.3) is 0 Å². The van der Waals surface area contributed by atoms with Gasteiger partial charge in [-0.2, -0.15) is 0 Å². The average molecular weight is 245 g/mol. The number of benzene rings is 1. The summed E-state index contributed by atoms with van der Waals surface area (Å²) in [6.45, 7) is 5.77. The van der Waals surface area contributed by atoms with E-state index in [4.69, 9.17) is 0 Å². The van der Waals surface area contributed by atoms with Crippen molar-refractivity contribution in [3.05, 3.63) is 24.5 Å². The van der Waals surface area contributed by atoms with Crippen molar-refractivity contribution >= 4 is 22.6 Å². The van der Waals surface area contributed by atoms with Crippen LogP contribution in [0.15, 0.2) is 24.5 Å². The molecule has 0 unspecified atom stereocenters. The molecular weight excluding hydrogens is 226 g/mol. The second-order valence-electron chi connectivity index (χ2n) is 5.64. The number of carbonyl (C=O) groups excluding carboxylic acids is 1. The zero-order valence-corrected chi connectivity index (χ0v) is 11.6. The topological polar surface area (TPSA) is 38.1 Å². The number of nitrogens with zero attached hydrogens (tertiary/aromatic N) is 3. The Morgan fingerprint density at radius 1 is 1.33 bits per heavy atom. The van der Waals surface area contributed by atoms with Crippen LogP contribution in [0.2, 0.25) is 0 Å². The second-order valence-corrected chi connectivity index (χ2v) is 5.64. The van der Waals surface area contributed by atoms with E-state index in [0.29, 0.717) is 0 Å². The summed E-state index contributed by atoms with van der Waals surface area (Å²) in [6.07, 6.45) is 1.78. The van der Waals surface area contributed by atoms with Crippen LogP contribution in [0.1, 0.15) is 20.8 Å². The lowest BCUT2D eigenvalue weighted by Crippen LogP contribution is -2.36. The Hall–Kier alpha value is -1.84. The molecular formula is C14H19N3O. The summed E-state index contributed by atoms with van der Waals surface area (Å²) in [5, 5.41) is 0. The molecule has 0 N–H and O–H groups in total. The smallest absolute Gasteiger partial charge is 0.232 e. The van der Waals surface area contributed by atoms with Gasteiger partial charge < -0.3 is 9.47 Å². The Morgan fingerprint density at radius 3 is 2.61 bits per heavy atom. The molecule has 4 nitrogen and oxygen atoms in total. The quantitative estimate of drug-likeness (QED) is 0.774. The van der Waals surface area contributed by atoms with Gasteiger partial charge in [-0.15, -0.1) is 0 Å². The largest absolute Gasteiger partial charge is 0.334 e. The number of fused-ring (bicyclic) bond motifs is 1. The molecule has 1 aromatic carbocycles. The Morgan fingerprint density at radius 2 is 2.00 bits per heavy atom.